The zero-order valence-electron chi connectivity index (χ0n) is 18.6. The molecule has 9 nitrogen and oxygen atoms in total. The van der Waals surface area contributed by atoms with Gasteiger partial charge in [0.05, 0.1) is 18.2 Å². The number of halogens is 2. The first-order valence-electron chi connectivity index (χ1n) is 10.2. The minimum absolute atomic E-state index is 0.0933. The molecule has 0 saturated carbocycles. The Morgan fingerprint density at radius 1 is 1.27 bits per heavy atom. The van der Waals surface area contributed by atoms with Gasteiger partial charge >= 0.3 is 0 Å². The molecular formula is C22H24ClFN4O5. The number of aromatic nitrogens is 1. The Morgan fingerprint density at radius 2 is 1.97 bits per heavy atom. The highest BCUT2D eigenvalue weighted by Crippen LogP contribution is 2.45. The van der Waals surface area contributed by atoms with Crippen LogP contribution in [-0.4, -0.2) is 59.5 Å². The number of carbonyl (C=O) groups is 2. The number of nitrogens with zero attached hydrogens (tertiary/aromatic N) is 3. The maximum absolute atomic E-state index is 14.1. The predicted octanol–water partition coefficient (Wildman–Crippen LogP) is 1.68. The lowest BCUT2D eigenvalue weighted by atomic mass is 9.79. The van der Waals surface area contributed by atoms with E-state index in [4.69, 9.17) is 16.3 Å². The Balaban J connectivity index is 1.75. The number of hydrogen-bond donors (Lipinski definition) is 2. The number of fused-ring (bicyclic) bond motifs is 1. The van der Waals surface area contributed by atoms with Crippen LogP contribution in [0.5, 0.6) is 5.75 Å². The van der Waals surface area contributed by atoms with Crippen molar-refractivity contribution in [1.82, 2.24) is 14.9 Å². The van der Waals surface area contributed by atoms with E-state index >= 15 is 0 Å². The van der Waals surface area contributed by atoms with Gasteiger partial charge in [-0.2, -0.15) is 0 Å². The number of amides is 2. The second-order valence-corrected chi connectivity index (χ2v) is 9.30. The molecule has 4 rings (SSSR count). The zero-order valence-corrected chi connectivity index (χ0v) is 19.4. The van der Waals surface area contributed by atoms with Crippen molar-refractivity contribution in [2.75, 3.05) is 32.3 Å². The van der Waals surface area contributed by atoms with Gasteiger partial charge in [-0.15, -0.1) is 0 Å². The van der Waals surface area contributed by atoms with Gasteiger partial charge in [-0.1, -0.05) is 37.6 Å². The van der Waals surface area contributed by atoms with Crippen LogP contribution in [0, 0.1) is 11.2 Å². The van der Waals surface area contributed by atoms with Crippen LogP contribution < -0.4 is 15.8 Å². The summed E-state index contributed by atoms with van der Waals surface area (Å²) in [6, 6.07) is 4.37. The third kappa shape index (κ3) is 3.19. The molecule has 1 aromatic carbocycles. The highest BCUT2D eigenvalue weighted by Gasteiger charge is 2.60. The SMILES string of the molecule is CN1C(=O)c2c(O)c(=O)c(C(=O)NCc3cccc(Cl)c3F)cn2N(C)C12COCC2(C)C. The normalized spacial score (nSPS) is 21.5. The molecule has 0 bridgehead atoms. The highest BCUT2D eigenvalue weighted by atomic mass is 35.5. The molecule has 0 aliphatic carbocycles. The fourth-order valence-electron chi connectivity index (χ4n) is 4.71. The highest BCUT2D eigenvalue weighted by molar-refractivity contribution is 6.30. The number of hydrogen-bond acceptors (Lipinski definition) is 6. The van der Waals surface area contributed by atoms with Gasteiger partial charge in [-0.25, -0.2) is 4.39 Å². The molecule has 2 amide bonds. The Kier molecular flexibility index (Phi) is 5.41. The number of aromatic hydroxyl groups is 1. The fraction of sp³-hybridized carbons (Fsp3) is 0.409. The standard InChI is InChI=1S/C22H24ClFN4O5/c1-21(2)10-33-11-22(21)26(3)20(32)16-18(30)17(29)13(9-28(16)27(22)4)19(31)25-8-12-6-5-7-14(23)15(12)24/h5-7,9,30H,8,10-11H2,1-4H3,(H,25,31). The van der Waals surface area contributed by atoms with Gasteiger partial charge in [-0.3, -0.25) is 24.1 Å². The molecule has 1 atom stereocenters. The molecule has 1 unspecified atom stereocenters. The van der Waals surface area contributed by atoms with Gasteiger partial charge < -0.3 is 20.1 Å². The minimum Gasteiger partial charge on any atom is -0.502 e. The largest absolute Gasteiger partial charge is 0.502 e. The lowest BCUT2D eigenvalue weighted by Crippen LogP contribution is -2.74. The Morgan fingerprint density at radius 3 is 2.61 bits per heavy atom. The van der Waals surface area contributed by atoms with Crippen molar-refractivity contribution in [1.29, 1.82) is 0 Å². The summed E-state index contributed by atoms with van der Waals surface area (Å²) >= 11 is 5.77. The summed E-state index contributed by atoms with van der Waals surface area (Å²) in [5, 5.41) is 14.7. The minimum atomic E-state index is -1.00. The molecule has 0 radical (unpaired) electrons. The summed E-state index contributed by atoms with van der Waals surface area (Å²) < 4.78 is 21.2. The third-order valence-electron chi connectivity index (χ3n) is 6.65. The molecule has 2 aliphatic heterocycles. The molecule has 1 aromatic heterocycles. The predicted molar refractivity (Wildman–Crippen MR) is 119 cm³/mol. The summed E-state index contributed by atoms with van der Waals surface area (Å²) in [5.41, 5.74) is -2.94. The molecule has 176 valence electrons. The van der Waals surface area contributed by atoms with Crippen LogP contribution in [0.3, 0.4) is 0 Å². The van der Waals surface area contributed by atoms with Gasteiger partial charge in [0.15, 0.2) is 17.1 Å². The molecule has 1 spiro atoms. The summed E-state index contributed by atoms with van der Waals surface area (Å²) in [7, 11) is 3.28. The summed E-state index contributed by atoms with van der Waals surface area (Å²) in [6.45, 7) is 4.24. The van der Waals surface area contributed by atoms with E-state index in [1.807, 2.05) is 13.8 Å². The second-order valence-electron chi connectivity index (χ2n) is 8.89. The van der Waals surface area contributed by atoms with E-state index in [2.05, 4.69) is 5.32 Å². The molecule has 2 aliphatic rings. The molecular weight excluding hydrogens is 455 g/mol. The summed E-state index contributed by atoms with van der Waals surface area (Å²) in [6.07, 6.45) is 1.21. The van der Waals surface area contributed by atoms with E-state index in [0.717, 1.165) is 0 Å². The van der Waals surface area contributed by atoms with Gasteiger partial charge in [0.1, 0.15) is 11.4 Å². The van der Waals surface area contributed by atoms with Crippen molar-refractivity contribution >= 4 is 23.4 Å². The molecule has 33 heavy (non-hydrogen) atoms. The van der Waals surface area contributed by atoms with E-state index in [-0.39, 0.29) is 29.4 Å². The van der Waals surface area contributed by atoms with E-state index in [0.29, 0.717) is 6.61 Å². The number of ether oxygens (including phenoxy) is 1. The number of nitrogens with one attached hydrogen (secondary N) is 1. The quantitative estimate of drug-likeness (QED) is 0.695. The average molecular weight is 479 g/mol. The molecule has 11 heteroatoms. The van der Waals surface area contributed by atoms with Crippen molar-refractivity contribution in [3.05, 3.63) is 62.3 Å². The van der Waals surface area contributed by atoms with Crippen molar-refractivity contribution in [3.63, 3.8) is 0 Å². The van der Waals surface area contributed by atoms with Crippen LogP contribution >= 0.6 is 11.6 Å². The monoisotopic (exact) mass is 478 g/mol. The lowest BCUT2D eigenvalue weighted by molar-refractivity contribution is 0.00449. The number of carbonyl (C=O) groups excluding carboxylic acids is 2. The zero-order chi connectivity index (χ0) is 24.3. The van der Waals surface area contributed by atoms with Gasteiger partial charge in [0.2, 0.25) is 5.43 Å². The molecule has 2 aromatic rings. The van der Waals surface area contributed by atoms with Gasteiger partial charge in [0, 0.05) is 37.8 Å². The maximum Gasteiger partial charge on any atom is 0.278 e. The number of rotatable bonds is 3. The average Bonchev–Trinajstić information content (AvgIpc) is 3.08. The van der Waals surface area contributed by atoms with Crippen LogP contribution in [0.4, 0.5) is 4.39 Å². The van der Waals surface area contributed by atoms with E-state index in [9.17, 15) is 23.9 Å². The molecule has 2 N–H and O–H groups in total. The Hall–Kier alpha value is -3.11. The number of likely N-dealkylation sites (N-methyl/N-ethyl adjacent to an activating group) is 2. The lowest BCUT2D eigenvalue weighted by Gasteiger charge is -2.55. The molecule has 3 heterocycles. The van der Waals surface area contributed by atoms with Crippen LogP contribution in [0.15, 0.2) is 29.2 Å². The Labute approximate surface area is 194 Å². The van der Waals surface area contributed by atoms with Crippen LogP contribution in [0.25, 0.3) is 0 Å². The molecule has 1 saturated heterocycles. The van der Waals surface area contributed by atoms with E-state index < -0.39 is 45.5 Å². The maximum atomic E-state index is 14.1. The van der Waals surface area contributed by atoms with Gasteiger partial charge in [0.25, 0.3) is 11.8 Å². The smallest absolute Gasteiger partial charge is 0.278 e. The molecule has 1 fully saturated rings. The first-order valence-corrected chi connectivity index (χ1v) is 10.6. The second kappa shape index (κ2) is 7.74. The first-order chi connectivity index (χ1) is 15.4. The fourth-order valence-corrected chi connectivity index (χ4v) is 4.90. The van der Waals surface area contributed by atoms with Crippen LogP contribution in [-0.2, 0) is 11.3 Å². The van der Waals surface area contributed by atoms with Crippen molar-refractivity contribution in [2.24, 2.45) is 5.41 Å². The van der Waals surface area contributed by atoms with Crippen LogP contribution in [0.1, 0.15) is 40.3 Å². The van der Waals surface area contributed by atoms with Gasteiger partial charge in [-0.05, 0) is 6.07 Å². The van der Waals surface area contributed by atoms with Crippen molar-refractivity contribution in [3.8, 4) is 5.75 Å². The summed E-state index contributed by atoms with van der Waals surface area (Å²) in [5.74, 6) is -2.93. The Bertz CT molecular complexity index is 1230. The number of benzene rings is 1. The van der Waals surface area contributed by atoms with E-state index in [1.54, 1.807) is 19.1 Å². The van der Waals surface area contributed by atoms with Crippen molar-refractivity contribution < 1.29 is 23.8 Å². The first kappa shape index (κ1) is 23.1. The number of pyridine rings is 1. The third-order valence-corrected chi connectivity index (χ3v) is 6.94. The van der Waals surface area contributed by atoms with Crippen molar-refractivity contribution in [2.45, 2.75) is 26.1 Å². The van der Waals surface area contributed by atoms with Crippen LogP contribution in [0.2, 0.25) is 5.02 Å². The van der Waals surface area contributed by atoms with E-state index in [1.165, 1.54) is 34.0 Å². The topological polar surface area (TPSA) is 104 Å². The summed E-state index contributed by atoms with van der Waals surface area (Å²) in [4.78, 5) is 40.3.